The van der Waals surface area contributed by atoms with Crippen LogP contribution < -0.4 is 25.5 Å². The largest absolute Gasteiger partial charge is 0.490 e. The zero-order chi connectivity index (χ0) is 26.9. The van der Waals surface area contributed by atoms with Crippen LogP contribution in [0.15, 0.2) is 58.8 Å². The molecule has 2 aromatic carbocycles. The van der Waals surface area contributed by atoms with Crippen molar-refractivity contribution in [3.05, 3.63) is 75.0 Å². The van der Waals surface area contributed by atoms with E-state index in [9.17, 15) is 24.8 Å². The topological polar surface area (TPSA) is 174 Å². The Hall–Kier alpha value is -4.65. The molecule has 13 heteroatoms. The molecule has 0 unspecified atom stereocenters. The maximum absolute atomic E-state index is 12.3. The second-order valence-electron chi connectivity index (χ2n) is 7.76. The highest BCUT2D eigenvalue weighted by Gasteiger charge is 2.32. The van der Waals surface area contributed by atoms with Gasteiger partial charge in [0.25, 0.3) is 5.69 Å². The molecule has 0 saturated heterocycles. The second kappa shape index (κ2) is 12.4. The van der Waals surface area contributed by atoms with E-state index in [4.69, 9.17) is 14.2 Å². The van der Waals surface area contributed by atoms with Gasteiger partial charge in [-0.3, -0.25) is 15.5 Å². The Labute approximate surface area is 212 Å². The van der Waals surface area contributed by atoms with Crippen LogP contribution in [-0.2, 0) is 9.53 Å². The number of ether oxygens (including phenoxy) is 3. The first-order chi connectivity index (χ1) is 17.7. The number of urea groups is 1. The molecule has 0 radical (unpaired) electrons. The summed E-state index contributed by atoms with van der Waals surface area (Å²) in [5, 5.41) is 30.1. The van der Waals surface area contributed by atoms with Crippen molar-refractivity contribution in [3.63, 3.8) is 0 Å². The molecule has 4 N–H and O–H groups in total. The van der Waals surface area contributed by atoms with Crippen molar-refractivity contribution in [2.75, 3.05) is 20.3 Å². The van der Waals surface area contributed by atoms with Crippen molar-refractivity contribution in [2.24, 2.45) is 5.10 Å². The first kappa shape index (κ1) is 26.9. The molecule has 0 bridgehead atoms. The number of hydrogen-bond donors (Lipinski definition) is 4. The van der Waals surface area contributed by atoms with Gasteiger partial charge in [-0.1, -0.05) is 6.07 Å². The third kappa shape index (κ3) is 6.95. The van der Waals surface area contributed by atoms with E-state index < -0.39 is 29.2 Å². The number of methoxy groups -OCH3 is 1. The van der Waals surface area contributed by atoms with Gasteiger partial charge in [0.2, 0.25) is 0 Å². The van der Waals surface area contributed by atoms with E-state index in [1.54, 1.807) is 32.0 Å². The van der Waals surface area contributed by atoms with Crippen LogP contribution in [0.25, 0.3) is 0 Å². The first-order valence-electron chi connectivity index (χ1n) is 11.2. The van der Waals surface area contributed by atoms with Gasteiger partial charge in [-0.15, -0.1) is 0 Å². The van der Waals surface area contributed by atoms with Crippen molar-refractivity contribution >= 4 is 23.9 Å². The Balaban J connectivity index is 1.68. The van der Waals surface area contributed by atoms with E-state index in [0.717, 1.165) is 0 Å². The molecule has 13 nitrogen and oxygen atoms in total. The number of rotatable bonds is 11. The van der Waals surface area contributed by atoms with Crippen LogP contribution in [0.4, 0.5) is 10.5 Å². The number of amides is 2. The maximum Gasteiger partial charge on any atom is 0.337 e. The average molecular weight is 514 g/mol. The van der Waals surface area contributed by atoms with E-state index in [1.165, 1.54) is 37.6 Å². The molecule has 1 aliphatic rings. The standard InChI is InChI=1S/C24H27N5O8/c1-4-36-19-11-16(22-21(23(31)35-3)14(2)26-24(32)27-22)7-10-18(19)37-13-20(30)28-25-12-15-5-8-17(9-6-15)29(33)34/h5-12,20,22,28,30H,4,13H2,1-3H3,(H2,26,27,32)/b25-12-/t20-,22+/m1/s1. The van der Waals surface area contributed by atoms with Gasteiger partial charge >= 0.3 is 12.0 Å². The number of hydrogen-bond acceptors (Lipinski definition) is 10. The number of nitrogens with one attached hydrogen (secondary N) is 3. The molecular formula is C24H27N5O8. The Morgan fingerprint density at radius 1 is 1.24 bits per heavy atom. The number of nitro benzene ring substituents is 1. The maximum atomic E-state index is 12.3. The highest BCUT2D eigenvalue weighted by atomic mass is 16.6. The van der Waals surface area contributed by atoms with Gasteiger partial charge in [0, 0.05) is 17.8 Å². The van der Waals surface area contributed by atoms with Crippen LogP contribution in [0.1, 0.15) is 31.0 Å². The summed E-state index contributed by atoms with van der Waals surface area (Å²) >= 11 is 0. The highest BCUT2D eigenvalue weighted by Crippen LogP contribution is 2.34. The molecule has 0 aliphatic carbocycles. The van der Waals surface area contributed by atoms with E-state index in [1.807, 2.05) is 0 Å². The number of carbonyl (C=O) groups excluding carboxylic acids is 2. The van der Waals surface area contributed by atoms with Crippen LogP contribution in [0, 0.1) is 10.1 Å². The summed E-state index contributed by atoms with van der Waals surface area (Å²) in [6.45, 7) is 3.53. The van der Waals surface area contributed by atoms with E-state index >= 15 is 0 Å². The number of allylic oxidation sites excluding steroid dienone is 1. The molecule has 2 atom stereocenters. The third-order valence-electron chi connectivity index (χ3n) is 5.21. The molecule has 0 fully saturated rings. The smallest absolute Gasteiger partial charge is 0.337 e. The monoisotopic (exact) mass is 513 g/mol. The van der Waals surface area contributed by atoms with E-state index in [2.05, 4.69) is 21.2 Å². The third-order valence-corrected chi connectivity index (χ3v) is 5.21. The van der Waals surface area contributed by atoms with Crippen LogP contribution in [0.5, 0.6) is 11.5 Å². The number of hydrazone groups is 1. The van der Waals surface area contributed by atoms with Gasteiger partial charge in [-0.05, 0) is 49.2 Å². The number of aliphatic hydroxyl groups is 1. The van der Waals surface area contributed by atoms with Crippen molar-refractivity contribution < 1.29 is 33.8 Å². The van der Waals surface area contributed by atoms with E-state index in [0.29, 0.717) is 34.9 Å². The normalized spacial score (nSPS) is 16.0. The summed E-state index contributed by atoms with van der Waals surface area (Å²) in [5.41, 5.74) is 4.26. The van der Waals surface area contributed by atoms with Gasteiger partial charge < -0.3 is 30.0 Å². The van der Waals surface area contributed by atoms with Crippen LogP contribution in [0.3, 0.4) is 0 Å². The molecule has 0 aromatic heterocycles. The summed E-state index contributed by atoms with van der Waals surface area (Å²) < 4.78 is 16.2. The molecule has 37 heavy (non-hydrogen) atoms. The van der Waals surface area contributed by atoms with Gasteiger partial charge in [-0.25, -0.2) is 9.59 Å². The van der Waals surface area contributed by atoms with Crippen LogP contribution in [-0.4, -0.2) is 54.8 Å². The molecule has 2 amide bonds. The van der Waals surface area contributed by atoms with Crippen molar-refractivity contribution in [2.45, 2.75) is 26.1 Å². The Morgan fingerprint density at radius 2 is 1.97 bits per heavy atom. The zero-order valence-corrected chi connectivity index (χ0v) is 20.4. The van der Waals surface area contributed by atoms with E-state index in [-0.39, 0.29) is 17.9 Å². The molecule has 0 saturated carbocycles. The molecule has 1 heterocycles. The number of non-ortho nitro benzene ring substituents is 1. The number of benzene rings is 2. The van der Waals surface area contributed by atoms with Gasteiger partial charge in [0.15, 0.2) is 17.7 Å². The molecule has 1 aliphatic heterocycles. The first-order valence-corrected chi connectivity index (χ1v) is 11.2. The number of nitrogens with zero attached hydrogens (tertiary/aromatic N) is 2. The second-order valence-corrected chi connectivity index (χ2v) is 7.76. The summed E-state index contributed by atoms with van der Waals surface area (Å²) in [4.78, 5) is 34.6. The molecule has 196 valence electrons. The fraction of sp³-hybridized carbons (Fsp3) is 0.292. The summed E-state index contributed by atoms with van der Waals surface area (Å²) in [5.74, 6) is 0.0828. The van der Waals surface area contributed by atoms with Gasteiger partial charge in [0.05, 0.1) is 36.5 Å². The van der Waals surface area contributed by atoms with Crippen LogP contribution >= 0.6 is 0 Å². The summed E-state index contributed by atoms with van der Waals surface area (Å²) in [6, 6.07) is 9.41. The predicted octanol–water partition coefficient (Wildman–Crippen LogP) is 2.12. The Kier molecular flexibility index (Phi) is 9.00. The summed E-state index contributed by atoms with van der Waals surface area (Å²) in [6.07, 6.45) is 0.221. The van der Waals surface area contributed by atoms with Crippen molar-refractivity contribution in [1.29, 1.82) is 0 Å². The fourth-order valence-electron chi connectivity index (χ4n) is 3.50. The number of nitro groups is 1. The number of aliphatic hydroxyl groups excluding tert-OH is 1. The Bertz CT molecular complexity index is 1210. The van der Waals surface area contributed by atoms with Crippen molar-refractivity contribution in [1.82, 2.24) is 16.1 Å². The minimum Gasteiger partial charge on any atom is -0.490 e. The lowest BCUT2D eigenvalue weighted by molar-refractivity contribution is -0.384. The molecular weight excluding hydrogens is 486 g/mol. The molecule has 2 aromatic rings. The van der Waals surface area contributed by atoms with Gasteiger partial charge in [0.1, 0.15) is 6.61 Å². The minimum absolute atomic E-state index is 0.0372. The predicted molar refractivity (Wildman–Crippen MR) is 132 cm³/mol. The number of carbonyl (C=O) groups is 2. The molecule has 0 spiro atoms. The minimum atomic E-state index is -1.18. The number of esters is 1. The van der Waals surface area contributed by atoms with Crippen molar-refractivity contribution in [3.8, 4) is 11.5 Å². The lowest BCUT2D eigenvalue weighted by atomic mass is 9.95. The zero-order valence-electron chi connectivity index (χ0n) is 20.4. The highest BCUT2D eigenvalue weighted by molar-refractivity contribution is 5.95. The Morgan fingerprint density at radius 3 is 2.62 bits per heavy atom. The molecule has 3 rings (SSSR count). The van der Waals surface area contributed by atoms with Gasteiger partial charge in [-0.2, -0.15) is 5.10 Å². The lowest BCUT2D eigenvalue weighted by Gasteiger charge is -2.28. The summed E-state index contributed by atoms with van der Waals surface area (Å²) in [7, 11) is 1.26. The lowest BCUT2D eigenvalue weighted by Crippen LogP contribution is -2.45. The SMILES string of the molecule is CCOc1cc([C@@H]2NC(=O)NC(C)=C2C(=O)OC)ccc1OC[C@@H](O)N/N=C\c1ccc([N+](=O)[O-])cc1. The van der Waals surface area contributed by atoms with Crippen LogP contribution in [0.2, 0.25) is 0 Å². The average Bonchev–Trinajstić information content (AvgIpc) is 2.87. The fourth-order valence-corrected chi connectivity index (χ4v) is 3.50. The quantitative estimate of drug-likeness (QED) is 0.115.